The number of carbonyl (C=O) groups excluding carboxylic acids is 1. The van der Waals surface area contributed by atoms with Crippen molar-refractivity contribution in [1.82, 2.24) is 0 Å². The van der Waals surface area contributed by atoms with Crippen molar-refractivity contribution in [2.24, 2.45) is 23.2 Å². The summed E-state index contributed by atoms with van der Waals surface area (Å²) in [7, 11) is 1.47. The number of hydrogen-bond donors (Lipinski definition) is 2. The summed E-state index contributed by atoms with van der Waals surface area (Å²) in [5.41, 5.74) is 2.36. The van der Waals surface area contributed by atoms with Gasteiger partial charge in [-0.25, -0.2) is 0 Å². The lowest BCUT2D eigenvalue weighted by molar-refractivity contribution is -0.309. The lowest BCUT2D eigenvalue weighted by Gasteiger charge is -2.51. The second-order valence-electron chi connectivity index (χ2n) is 12.1. The van der Waals surface area contributed by atoms with E-state index in [1.54, 1.807) is 6.92 Å². The van der Waals surface area contributed by atoms with E-state index in [0.29, 0.717) is 13.0 Å². The van der Waals surface area contributed by atoms with Crippen LogP contribution in [0.5, 0.6) is 0 Å². The van der Waals surface area contributed by atoms with Crippen molar-refractivity contribution in [3.63, 3.8) is 0 Å². The van der Waals surface area contributed by atoms with Crippen molar-refractivity contribution in [1.29, 1.82) is 0 Å². The molecule has 37 heavy (non-hydrogen) atoms. The molecule has 1 saturated carbocycles. The number of aliphatic hydroxyl groups is 2. The maximum atomic E-state index is 13.5. The van der Waals surface area contributed by atoms with Gasteiger partial charge in [-0.05, 0) is 62.4 Å². The minimum absolute atomic E-state index is 0.0419. The predicted octanol–water partition coefficient (Wildman–Crippen LogP) is 2.59. The zero-order valence-corrected chi connectivity index (χ0v) is 22.1. The Morgan fingerprint density at radius 2 is 1.97 bits per heavy atom. The van der Waals surface area contributed by atoms with Gasteiger partial charge in [0.1, 0.15) is 24.4 Å². The monoisotopic (exact) mass is 520 g/mol. The Kier molecular flexibility index (Phi) is 6.49. The van der Waals surface area contributed by atoms with Gasteiger partial charge in [-0.1, -0.05) is 18.6 Å². The van der Waals surface area contributed by atoms with Gasteiger partial charge in [-0.2, -0.15) is 0 Å². The van der Waals surface area contributed by atoms with Crippen LogP contribution in [-0.2, 0) is 33.2 Å². The average Bonchev–Trinajstić information content (AvgIpc) is 3.38. The number of rotatable bonds is 3. The molecule has 4 aliphatic heterocycles. The molecule has 0 aromatic rings. The summed E-state index contributed by atoms with van der Waals surface area (Å²) in [6.45, 7) is 6.35. The van der Waals surface area contributed by atoms with Crippen LogP contribution in [0.4, 0.5) is 0 Å². The molecule has 9 heteroatoms. The Hall–Kier alpha value is -1.49. The van der Waals surface area contributed by atoms with Gasteiger partial charge in [-0.3, -0.25) is 4.79 Å². The Labute approximate surface area is 218 Å². The summed E-state index contributed by atoms with van der Waals surface area (Å²) in [6.07, 6.45) is 4.30. The van der Waals surface area contributed by atoms with E-state index < -0.39 is 36.5 Å². The maximum Gasteiger partial charge on any atom is 0.309 e. The first-order chi connectivity index (χ1) is 17.6. The summed E-state index contributed by atoms with van der Waals surface area (Å²) in [6, 6.07) is 0. The SMILES string of the molecule is CO[C@H]1[C@H](O)[C@@H](O[C@@H]2CC[C@]3(C)C(=CC[C@@H]4C(=O)O[C@H]5CO[C@@]6(C)OC=C(CC[C@H]43)[C@@H]56)C2)O[C@@H](C)[C@@H]1O. The minimum Gasteiger partial charge on any atom is -0.469 e. The molecule has 0 aromatic heterocycles. The average molecular weight is 521 g/mol. The second kappa shape index (κ2) is 9.31. The summed E-state index contributed by atoms with van der Waals surface area (Å²) >= 11 is 0. The molecule has 12 atom stereocenters. The number of esters is 1. The Morgan fingerprint density at radius 3 is 2.76 bits per heavy atom. The van der Waals surface area contributed by atoms with E-state index in [9.17, 15) is 15.0 Å². The Bertz CT molecular complexity index is 979. The smallest absolute Gasteiger partial charge is 0.309 e. The molecule has 6 rings (SSSR count). The van der Waals surface area contributed by atoms with E-state index in [0.717, 1.165) is 32.1 Å². The maximum absolute atomic E-state index is 13.5. The molecule has 4 fully saturated rings. The fraction of sp³-hybridized carbons (Fsp3) is 0.821. The van der Waals surface area contributed by atoms with Gasteiger partial charge in [0.25, 0.3) is 0 Å². The van der Waals surface area contributed by atoms with Crippen molar-refractivity contribution in [3.8, 4) is 0 Å². The first-order valence-corrected chi connectivity index (χ1v) is 13.7. The van der Waals surface area contributed by atoms with Crippen LogP contribution < -0.4 is 0 Å². The number of fused-ring (bicyclic) bond motifs is 3. The first kappa shape index (κ1) is 25.8. The largest absolute Gasteiger partial charge is 0.469 e. The highest BCUT2D eigenvalue weighted by atomic mass is 16.7. The molecule has 0 aromatic carbocycles. The van der Waals surface area contributed by atoms with Crippen LogP contribution in [0.2, 0.25) is 0 Å². The zero-order valence-electron chi connectivity index (χ0n) is 22.1. The van der Waals surface area contributed by atoms with Gasteiger partial charge in [0.2, 0.25) is 5.79 Å². The van der Waals surface area contributed by atoms with Crippen LogP contribution in [0.1, 0.15) is 59.3 Å². The molecular weight excluding hydrogens is 480 g/mol. The highest BCUT2D eigenvalue weighted by Crippen LogP contribution is 2.57. The molecule has 206 valence electrons. The summed E-state index contributed by atoms with van der Waals surface area (Å²) in [5.74, 6) is -0.910. The molecule has 0 spiro atoms. The number of ether oxygens (including phenoxy) is 6. The lowest BCUT2D eigenvalue weighted by atomic mass is 9.55. The third-order valence-corrected chi connectivity index (χ3v) is 10.1. The lowest BCUT2D eigenvalue weighted by Crippen LogP contribution is -2.59. The van der Waals surface area contributed by atoms with Gasteiger partial charge in [0.15, 0.2) is 6.29 Å². The zero-order chi connectivity index (χ0) is 26.1. The highest BCUT2D eigenvalue weighted by molar-refractivity contribution is 5.74. The van der Waals surface area contributed by atoms with Crippen molar-refractivity contribution in [2.75, 3.05) is 13.7 Å². The van der Waals surface area contributed by atoms with Crippen LogP contribution in [0.15, 0.2) is 23.5 Å². The predicted molar refractivity (Wildman–Crippen MR) is 130 cm³/mol. The van der Waals surface area contributed by atoms with Crippen molar-refractivity contribution in [2.45, 2.75) is 108 Å². The Morgan fingerprint density at radius 1 is 1.16 bits per heavy atom. The summed E-state index contributed by atoms with van der Waals surface area (Å²) < 4.78 is 35.3. The molecule has 4 heterocycles. The number of carbonyl (C=O) groups is 1. The number of hydrogen-bond acceptors (Lipinski definition) is 9. The van der Waals surface area contributed by atoms with Gasteiger partial charge < -0.3 is 38.6 Å². The Balaban J connectivity index is 1.19. The molecule has 0 radical (unpaired) electrons. The standard InChI is InChI=1S/C28H40O9/c1-14-22(29)24(32-4)23(30)26(35-14)36-17-9-10-27(2)16(11-17)6-7-18-19(27)8-5-15-12-33-28(3)21(15)20(13-34-28)37-25(18)31/h6,12,14,17-24,26,29-30H,5,7-11,13H2,1-4H3/t14-,17+,18-,19+,20-,21-,22-,23-,24+,26+,27+,28+/m0/s1. The third kappa shape index (κ3) is 4.08. The fourth-order valence-corrected chi connectivity index (χ4v) is 7.89. The van der Waals surface area contributed by atoms with Gasteiger partial charge in [0, 0.05) is 14.0 Å². The van der Waals surface area contributed by atoms with Crippen LogP contribution in [0, 0.1) is 23.2 Å². The van der Waals surface area contributed by atoms with Crippen molar-refractivity contribution in [3.05, 3.63) is 23.5 Å². The molecule has 3 saturated heterocycles. The third-order valence-electron chi connectivity index (χ3n) is 10.1. The quantitative estimate of drug-likeness (QED) is 0.428. The molecule has 0 bridgehead atoms. The molecule has 0 amide bonds. The van der Waals surface area contributed by atoms with E-state index in [4.69, 9.17) is 28.4 Å². The number of methoxy groups -OCH3 is 1. The topological polar surface area (TPSA) is 113 Å². The summed E-state index contributed by atoms with van der Waals surface area (Å²) in [4.78, 5) is 13.5. The van der Waals surface area contributed by atoms with Gasteiger partial charge in [0.05, 0.1) is 36.9 Å². The number of aliphatic hydroxyl groups excluding tert-OH is 2. The second-order valence-corrected chi connectivity index (χ2v) is 12.1. The van der Waals surface area contributed by atoms with Gasteiger partial charge in [-0.15, -0.1) is 0 Å². The van der Waals surface area contributed by atoms with Crippen LogP contribution >= 0.6 is 0 Å². The van der Waals surface area contributed by atoms with Crippen LogP contribution in [0.25, 0.3) is 0 Å². The fourth-order valence-electron chi connectivity index (χ4n) is 7.89. The highest BCUT2D eigenvalue weighted by Gasteiger charge is 2.58. The van der Waals surface area contributed by atoms with Crippen LogP contribution in [-0.4, -0.2) is 78.6 Å². The summed E-state index contributed by atoms with van der Waals surface area (Å²) in [5, 5.41) is 21.0. The number of allylic oxidation sites excluding steroid dienone is 1. The van der Waals surface area contributed by atoms with E-state index in [1.807, 2.05) is 13.2 Å². The molecular formula is C28H40O9. The first-order valence-electron chi connectivity index (χ1n) is 13.7. The van der Waals surface area contributed by atoms with E-state index >= 15 is 0 Å². The van der Waals surface area contributed by atoms with E-state index in [-0.39, 0.29) is 41.3 Å². The van der Waals surface area contributed by atoms with E-state index in [1.165, 1.54) is 18.3 Å². The normalized spacial score (nSPS) is 51.2. The molecule has 9 nitrogen and oxygen atoms in total. The molecule has 2 aliphatic carbocycles. The van der Waals surface area contributed by atoms with Crippen molar-refractivity contribution >= 4 is 5.97 Å². The molecule has 6 aliphatic rings. The van der Waals surface area contributed by atoms with Crippen LogP contribution in [0.3, 0.4) is 0 Å². The molecule has 0 unspecified atom stereocenters. The van der Waals surface area contributed by atoms with Crippen molar-refractivity contribution < 1.29 is 43.4 Å². The van der Waals surface area contributed by atoms with E-state index in [2.05, 4.69) is 13.0 Å². The minimum atomic E-state index is -1.07. The molecule has 2 N–H and O–H groups in total. The van der Waals surface area contributed by atoms with Gasteiger partial charge >= 0.3 is 5.97 Å².